The van der Waals surface area contributed by atoms with E-state index in [2.05, 4.69) is 4.99 Å². The van der Waals surface area contributed by atoms with E-state index in [9.17, 15) is 9.59 Å². The molecule has 0 unspecified atom stereocenters. The Hall–Kier alpha value is -1.89. The van der Waals surface area contributed by atoms with Gasteiger partial charge in [0, 0.05) is 19.8 Å². The average molecular weight is 239 g/mol. The van der Waals surface area contributed by atoms with E-state index in [0.29, 0.717) is 13.0 Å². The van der Waals surface area contributed by atoms with Crippen molar-refractivity contribution in [2.75, 3.05) is 12.3 Å². The molecular weight excluding hydrogens is 222 g/mol. The van der Waals surface area contributed by atoms with Gasteiger partial charge in [-0.3, -0.25) is 13.9 Å². The van der Waals surface area contributed by atoms with Crippen LogP contribution in [0.4, 0.5) is 11.5 Å². The number of aliphatic imine (C=N–C) groups is 1. The van der Waals surface area contributed by atoms with Gasteiger partial charge in [-0.15, -0.1) is 0 Å². The molecule has 4 N–H and O–H groups in total. The van der Waals surface area contributed by atoms with Gasteiger partial charge in [-0.2, -0.15) is 0 Å². The van der Waals surface area contributed by atoms with Gasteiger partial charge in [-0.1, -0.05) is 0 Å². The molecule has 0 saturated carbocycles. The highest BCUT2D eigenvalue weighted by Gasteiger charge is 2.11. The van der Waals surface area contributed by atoms with Crippen LogP contribution in [0.1, 0.15) is 13.3 Å². The molecule has 1 aromatic heterocycles. The zero-order valence-corrected chi connectivity index (χ0v) is 10.2. The molecule has 1 rings (SSSR count). The molecule has 0 bridgehead atoms. The van der Waals surface area contributed by atoms with Crippen molar-refractivity contribution in [1.29, 1.82) is 0 Å². The Morgan fingerprint density at radius 1 is 1.29 bits per heavy atom. The smallest absolute Gasteiger partial charge is 0.332 e. The van der Waals surface area contributed by atoms with Crippen LogP contribution in [0.15, 0.2) is 14.6 Å². The SMILES string of the molecule is C/C(CCN)=N\c1c(N)c(=O)n(C)c(=O)n1C. The number of nitrogens with zero attached hydrogens (tertiary/aromatic N) is 3. The molecule has 0 radical (unpaired) electrons. The van der Waals surface area contributed by atoms with E-state index in [-0.39, 0.29) is 11.5 Å². The first-order chi connectivity index (χ1) is 7.90. The Morgan fingerprint density at radius 3 is 2.41 bits per heavy atom. The number of nitrogen functional groups attached to an aromatic ring is 1. The molecule has 1 aromatic rings. The molecule has 1 heterocycles. The summed E-state index contributed by atoms with van der Waals surface area (Å²) in [7, 11) is 2.90. The fraction of sp³-hybridized carbons (Fsp3) is 0.500. The van der Waals surface area contributed by atoms with Gasteiger partial charge < -0.3 is 11.5 Å². The van der Waals surface area contributed by atoms with Gasteiger partial charge in [0.1, 0.15) is 5.69 Å². The summed E-state index contributed by atoms with van der Waals surface area (Å²) in [5.74, 6) is 0.184. The lowest BCUT2D eigenvalue weighted by molar-refractivity contribution is 0.692. The first kappa shape index (κ1) is 13.2. The van der Waals surface area contributed by atoms with Crippen LogP contribution < -0.4 is 22.7 Å². The predicted octanol–water partition coefficient (Wildman–Crippen LogP) is -0.893. The van der Waals surface area contributed by atoms with E-state index in [1.54, 1.807) is 6.92 Å². The number of nitrogens with two attached hydrogens (primary N) is 2. The Bertz CT molecular complexity index is 530. The standard InChI is InChI=1S/C10H17N5O2/c1-6(4-5-11)13-8-7(12)9(16)15(3)10(17)14(8)2/h4-5,11-12H2,1-3H3/b13-6+. The molecule has 0 atom stereocenters. The Kier molecular flexibility index (Phi) is 3.84. The van der Waals surface area contributed by atoms with Crippen molar-refractivity contribution >= 4 is 17.2 Å². The summed E-state index contributed by atoms with van der Waals surface area (Å²) in [6.07, 6.45) is 0.586. The lowest BCUT2D eigenvalue weighted by atomic mass is 10.3. The Labute approximate surface area is 98.4 Å². The molecule has 0 aromatic carbocycles. The van der Waals surface area contributed by atoms with Crippen molar-refractivity contribution in [1.82, 2.24) is 9.13 Å². The lowest BCUT2D eigenvalue weighted by Crippen LogP contribution is -2.38. The maximum Gasteiger partial charge on any atom is 0.332 e. The Balaban J connectivity index is 3.51. The van der Waals surface area contributed by atoms with Crippen LogP contribution >= 0.6 is 0 Å². The lowest BCUT2D eigenvalue weighted by Gasteiger charge is -2.09. The second kappa shape index (κ2) is 4.96. The molecule has 0 amide bonds. The second-order valence-corrected chi connectivity index (χ2v) is 3.83. The van der Waals surface area contributed by atoms with Crippen LogP contribution in [0.25, 0.3) is 0 Å². The number of hydrogen-bond acceptors (Lipinski definition) is 5. The van der Waals surface area contributed by atoms with Gasteiger partial charge in [0.05, 0.1) is 0 Å². The van der Waals surface area contributed by atoms with Crippen molar-refractivity contribution in [2.24, 2.45) is 24.8 Å². The third-order valence-corrected chi connectivity index (χ3v) is 2.47. The normalized spacial score (nSPS) is 11.9. The van der Waals surface area contributed by atoms with Crippen molar-refractivity contribution in [2.45, 2.75) is 13.3 Å². The molecule has 7 heteroatoms. The molecule has 0 spiro atoms. The summed E-state index contributed by atoms with van der Waals surface area (Å²) in [6.45, 7) is 2.22. The van der Waals surface area contributed by atoms with Crippen molar-refractivity contribution < 1.29 is 0 Å². The number of rotatable bonds is 3. The van der Waals surface area contributed by atoms with Gasteiger partial charge in [-0.05, 0) is 19.9 Å². The zero-order valence-electron chi connectivity index (χ0n) is 10.2. The largest absolute Gasteiger partial charge is 0.391 e. The van der Waals surface area contributed by atoms with Crippen molar-refractivity contribution in [3.05, 3.63) is 20.8 Å². The summed E-state index contributed by atoms with van der Waals surface area (Å²) in [5, 5.41) is 0. The molecular formula is C10H17N5O2. The molecule has 7 nitrogen and oxygen atoms in total. The third kappa shape index (κ3) is 2.44. The molecule has 17 heavy (non-hydrogen) atoms. The fourth-order valence-electron chi connectivity index (χ4n) is 1.44. The summed E-state index contributed by atoms with van der Waals surface area (Å²) in [6, 6.07) is 0. The molecule has 0 aliphatic carbocycles. The van der Waals surface area contributed by atoms with Crippen LogP contribution in [-0.2, 0) is 14.1 Å². The van der Waals surface area contributed by atoms with Crippen LogP contribution in [0, 0.1) is 0 Å². The third-order valence-electron chi connectivity index (χ3n) is 2.47. The van der Waals surface area contributed by atoms with Crippen molar-refractivity contribution in [3.63, 3.8) is 0 Å². The van der Waals surface area contributed by atoms with E-state index >= 15 is 0 Å². The van der Waals surface area contributed by atoms with Gasteiger partial charge in [0.25, 0.3) is 5.56 Å². The maximum absolute atomic E-state index is 11.7. The molecule has 0 saturated heterocycles. The van der Waals surface area contributed by atoms with Gasteiger partial charge in [0.2, 0.25) is 0 Å². The van der Waals surface area contributed by atoms with E-state index in [1.165, 1.54) is 18.7 Å². The van der Waals surface area contributed by atoms with Crippen LogP contribution in [-0.4, -0.2) is 21.4 Å². The summed E-state index contributed by atoms with van der Waals surface area (Å²) in [4.78, 5) is 27.5. The minimum Gasteiger partial charge on any atom is -0.391 e. The van der Waals surface area contributed by atoms with Crippen molar-refractivity contribution in [3.8, 4) is 0 Å². The van der Waals surface area contributed by atoms with Gasteiger partial charge in [-0.25, -0.2) is 9.79 Å². The fourth-order valence-corrected chi connectivity index (χ4v) is 1.44. The molecule has 0 aliphatic heterocycles. The molecule has 94 valence electrons. The van der Waals surface area contributed by atoms with E-state index < -0.39 is 11.2 Å². The summed E-state index contributed by atoms with van der Waals surface area (Å²) < 4.78 is 2.20. The quantitative estimate of drug-likeness (QED) is 0.667. The summed E-state index contributed by atoms with van der Waals surface area (Å²) in [5.41, 5.74) is 10.8. The first-order valence-electron chi connectivity index (χ1n) is 5.19. The first-order valence-corrected chi connectivity index (χ1v) is 5.19. The van der Waals surface area contributed by atoms with Crippen LogP contribution in [0.5, 0.6) is 0 Å². The highest BCUT2D eigenvalue weighted by atomic mass is 16.2. The number of anilines is 1. The zero-order chi connectivity index (χ0) is 13.2. The highest BCUT2D eigenvalue weighted by molar-refractivity contribution is 5.85. The van der Waals surface area contributed by atoms with Crippen LogP contribution in [0.3, 0.4) is 0 Å². The number of aromatic nitrogens is 2. The van der Waals surface area contributed by atoms with Gasteiger partial charge >= 0.3 is 5.69 Å². The molecule has 0 aliphatic rings. The minimum atomic E-state index is -0.535. The van der Waals surface area contributed by atoms with E-state index in [0.717, 1.165) is 10.3 Å². The topological polar surface area (TPSA) is 108 Å². The monoisotopic (exact) mass is 239 g/mol. The average Bonchev–Trinajstić information content (AvgIpc) is 2.30. The van der Waals surface area contributed by atoms with E-state index in [1.807, 2.05) is 0 Å². The van der Waals surface area contributed by atoms with E-state index in [4.69, 9.17) is 11.5 Å². The summed E-state index contributed by atoms with van der Waals surface area (Å²) >= 11 is 0. The predicted molar refractivity (Wildman–Crippen MR) is 67.8 cm³/mol. The minimum absolute atomic E-state index is 0.0361. The number of hydrogen-bond donors (Lipinski definition) is 2. The highest BCUT2D eigenvalue weighted by Crippen LogP contribution is 2.15. The van der Waals surface area contributed by atoms with Crippen LogP contribution in [0.2, 0.25) is 0 Å². The Morgan fingerprint density at radius 2 is 1.88 bits per heavy atom. The maximum atomic E-state index is 11.7. The second-order valence-electron chi connectivity index (χ2n) is 3.83. The molecule has 0 fully saturated rings. The van der Waals surface area contributed by atoms with Gasteiger partial charge in [0.15, 0.2) is 5.82 Å².